The number of hydrogen-bond acceptors (Lipinski definition) is 3. The molecule has 2 amide bonds. The quantitative estimate of drug-likeness (QED) is 0.344. The Bertz CT molecular complexity index is 624. The molecular formula is C20H30F3N3O3. The number of amides is 2. The summed E-state index contributed by atoms with van der Waals surface area (Å²) in [4.78, 5) is 25.4. The van der Waals surface area contributed by atoms with E-state index >= 15 is 0 Å². The Morgan fingerprint density at radius 1 is 0.931 bits per heavy atom. The third-order valence-electron chi connectivity index (χ3n) is 4.41. The first-order valence-electron chi connectivity index (χ1n) is 10.1. The summed E-state index contributed by atoms with van der Waals surface area (Å²) < 4.78 is 37.8. The van der Waals surface area contributed by atoms with Gasteiger partial charge in [0.05, 0.1) is 0 Å². The van der Waals surface area contributed by atoms with Crippen LogP contribution in [0.25, 0.3) is 0 Å². The van der Waals surface area contributed by atoms with Gasteiger partial charge < -0.3 is 15.7 Å². The summed E-state index contributed by atoms with van der Waals surface area (Å²) in [7, 11) is 0. The smallest absolute Gasteiger partial charge is 0.433 e. The van der Waals surface area contributed by atoms with Crippen LogP contribution >= 0.6 is 0 Å². The number of carbonyl (C=O) groups is 2. The molecule has 1 heterocycles. The normalized spacial score (nSPS) is 11.3. The van der Waals surface area contributed by atoms with Crippen molar-refractivity contribution in [2.24, 2.45) is 0 Å². The van der Waals surface area contributed by atoms with Crippen LogP contribution in [-0.2, 0) is 11.0 Å². The lowest BCUT2D eigenvalue weighted by Crippen LogP contribution is -2.29. The van der Waals surface area contributed by atoms with Gasteiger partial charge in [-0.05, 0) is 25.0 Å². The minimum absolute atomic E-state index is 0.0489. The van der Waals surface area contributed by atoms with Crippen molar-refractivity contribution in [3.63, 3.8) is 0 Å². The fraction of sp³-hybridized carbons (Fsp3) is 0.650. The first-order valence-corrected chi connectivity index (χ1v) is 10.1. The summed E-state index contributed by atoms with van der Waals surface area (Å²) >= 11 is 0. The maximum Gasteiger partial charge on any atom is 0.433 e. The van der Waals surface area contributed by atoms with Gasteiger partial charge in [0.15, 0.2) is 0 Å². The number of aliphatic carboxylic acids is 1. The maximum atomic E-state index is 12.6. The van der Waals surface area contributed by atoms with Crippen LogP contribution in [0.4, 0.5) is 23.7 Å². The van der Waals surface area contributed by atoms with Crippen molar-refractivity contribution in [3.8, 4) is 0 Å². The molecule has 0 aliphatic heterocycles. The molecule has 6 nitrogen and oxygen atoms in total. The number of carboxylic acid groups (broad SMARTS) is 1. The average Bonchev–Trinajstić information content (AvgIpc) is 2.64. The molecule has 0 saturated heterocycles. The molecule has 0 fully saturated rings. The Morgan fingerprint density at radius 3 is 2.03 bits per heavy atom. The lowest BCUT2D eigenvalue weighted by molar-refractivity contribution is -0.141. The standard InChI is InChI=1S/C20H30F3N3O3/c21-20(22,23)17-15-16(12-14-24-17)26-19(29)25-13-10-8-6-4-2-1-3-5-7-9-11-18(27)28/h12,14-15H,1-11,13H2,(H,27,28)(H2,24,25,26,29). The molecule has 0 saturated carbocycles. The number of rotatable bonds is 14. The summed E-state index contributed by atoms with van der Waals surface area (Å²) in [6.45, 7) is 0.465. The number of urea groups is 1. The molecule has 9 heteroatoms. The number of pyridine rings is 1. The average molecular weight is 417 g/mol. The van der Waals surface area contributed by atoms with Gasteiger partial charge >= 0.3 is 18.2 Å². The number of nitrogens with zero attached hydrogens (tertiary/aromatic N) is 1. The van der Waals surface area contributed by atoms with Crippen LogP contribution < -0.4 is 10.6 Å². The van der Waals surface area contributed by atoms with Crippen molar-refractivity contribution in [2.75, 3.05) is 11.9 Å². The van der Waals surface area contributed by atoms with E-state index in [-0.39, 0.29) is 12.1 Å². The second-order valence-electron chi connectivity index (χ2n) is 6.99. The van der Waals surface area contributed by atoms with E-state index in [1.165, 1.54) is 6.07 Å². The summed E-state index contributed by atoms with van der Waals surface area (Å²) in [5, 5.41) is 13.6. The molecule has 0 aliphatic carbocycles. The third kappa shape index (κ3) is 12.7. The zero-order valence-electron chi connectivity index (χ0n) is 16.6. The summed E-state index contributed by atoms with van der Waals surface area (Å²) in [5.74, 6) is -0.732. The largest absolute Gasteiger partial charge is 0.481 e. The second-order valence-corrected chi connectivity index (χ2v) is 6.99. The van der Waals surface area contributed by atoms with Crippen LogP contribution in [0, 0.1) is 0 Å². The zero-order chi connectivity index (χ0) is 21.5. The van der Waals surface area contributed by atoms with Crippen LogP contribution in [0.3, 0.4) is 0 Å². The molecule has 0 atom stereocenters. The van der Waals surface area contributed by atoms with E-state index in [1.807, 2.05) is 0 Å². The molecule has 0 unspecified atom stereocenters. The fourth-order valence-corrected chi connectivity index (χ4v) is 2.86. The number of alkyl halides is 3. The van der Waals surface area contributed by atoms with Gasteiger partial charge in [0.1, 0.15) is 5.69 Å². The topological polar surface area (TPSA) is 91.3 Å². The first-order chi connectivity index (χ1) is 13.8. The molecule has 0 aliphatic rings. The van der Waals surface area contributed by atoms with E-state index in [0.717, 1.165) is 76.5 Å². The number of nitrogens with one attached hydrogen (secondary N) is 2. The van der Waals surface area contributed by atoms with Gasteiger partial charge in [0.25, 0.3) is 0 Å². The molecule has 1 rings (SSSR count). The summed E-state index contributed by atoms with van der Waals surface area (Å²) in [6.07, 6.45) is 6.93. The molecule has 0 radical (unpaired) electrons. The van der Waals surface area contributed by atoms with Crippen molar-refractivity contribution in [3.05, 3.63) is 24.0 Å². The van der Waals surface area contributed by atoms with Gasteiger partial charge in [-0.15, -0.1) is 0 Å². The maximum absolute atomic E-state index is 12.6. The molecule has 1 aromatic rings. The van der Waals surface area contributed by atoms with Crippen molar-refractivity contribution in [2.45, 2.75) is 76.8 Å². The SMILES string of the molecule is O=C(O)CCCCCCCCCCCCNC(=O)Nc1ccnc(C(F)(F)F)c1. The van der Waals surface area contributed by atoms with E-state index < -0.39 is 23.9 Å². The van der Waals surface area contributed by atoms with E-state index in [9.17, 15) is 22.8 Å². The fourth-order valence-electron chi connectivity index (χ4n) is 2.86. The Morgan fingerprint density at radius 2 is 1.48 bits per heavy atom. The van der Waals surface area contributed by atoms with Crippen LogP contribution in [0.15, 0.2) is 18.3 Å². The predicted molar refractivity (Wildman–Crippen MR) is 105 cm³/mol. The number of aromatic nitrogens is 1. The minimum atomic E-state index is -4.55. The Labute approximate surface area is 169 Å². The summed E-state index contributed by atoms with van der Waals surface area (Å²) in [6, 6.07) is 1.57. The van der Waals surface area contributed by atoms with E-state index in [4.69, 9.17) is 5.11 Å². The van der Waals surface area contributed by atoms with Crippen molar-refractivity contribution >= 4 is 17.7 Å². The number of carbonyl (C=O) groups excluding carboxylic acids is 1. The number of unbranched alkanes of at least 4 members (excludes halogenated alkanes) is 9. The van der Waals surface area contributed by atoms with Gasteiger partial charge in [-0.2, -0.15) is 13.2 Å². The zero-order valence-corrected chi connectivity index (χ0v) is 16.6. The number of hydrogen-bond donors (Lipinski definition) is 3. The van der Waals surface area contributed by atoms with Crippen LogP contribution in [0.2, 0.25) is 0 Å². The van der Waals surface area contributed by atoms with E-state index in [0.29, 0.717) is 6.54 Å². The van der Waals surface area contributed by atoms with Crippen LogP contribution in [0.5, 0.6) is 0 Å². The molecular weight excluding hydrogens is 387 g/mol. The van der Waals surface area contributed by atoms with Crippen molar-refractivity contribution in [1.82, 2.24) is 10.3 Å². The van der Waals surface area contributed by atoms with Crippen LogP contribution in [-0.4, -0.2) is 28.6 Å². The molecule has 29 heavy (non-hydrogen) atoms. The highest BCUT2D eigenvalue weighted by molar-refractivity contribution is 5.89. The molecule has 3 N–H and O–H groups in total. The van der Waals surface area contributed by atoms with Gasteiger partial charge in [-0.3, -0.25) is 9.78 Å². The van der Waals surface area contributed by atoms with Gasteiger partial charge in [-0.1, -0.05) is 51.4 Å². The first kappa shape index (κ1) is 24.7. The van der Waals surface area contributed by atoms with Crippen molar-refractivity contribution in [1.29, 1.82) is 0 Å². The van der Waals surface area contributed by atoms with Crippen LogP contribution in [0.1, 0.15) is 76.3 Å². The summed E-state index contributed by atoms with van der Waals surface area (Å²) in [5.41, 5.74) is -0.997. The highest BCUT2D eigenvalue weighted by Gasteiger charge is 2.32. The molecule has 1 aromatic heterocycles. The molecule has 164 valence electrons. The van der Waals surface area contributed by atoms with E-state index in [2.05, 4.69) is 15.6 Å². The highest BCUT2D eigenvalue weighted by atomic mass is 19.4. The molecule has 0 spiro atoms. The van der Waals surface area contributed by atoms with E-state index in [1.54, 1.807) is 0 Å². The Balaban J connectivity index is 1.99. The minimum Gasteiger partial charge on any atom is -0.481 e. The number of anilines is 1. The lowest BCUT2D eigenvalue weighted by atomic mass is 10.1. The third-order valence-corrected chi connectivity index (χ3v) is 4.41. The lowest BCUT2D eigenvalue weighted by Gasteiger charge is -2.10. The molecule has 0 bridgehead atoms. The second kappa shape index (κ2) is 13.8. The Hall–Kier alpha value is -2.32. The molecule has 0 aromatic carbocycles. The predicted octanol–water partition coefficient (Wildman–Crippen LogP) is 5.60. The highest BCUT2D eigenvalue weighted by Crippen LogP contribution is 2.28. The number of carboxylic acids is 1. The monoisotopic (exact) mass is 417 g/mol. The van der Waals surface area contributed by atoms with Crippen molar-refractivity contribution < 1.29 is 27.9 Å². The van der Waals surface area contributed by atoms with Gasteiger partial charge in [0, 0.05) is 24.8 Å². The number of halogens is 3. The van der Waals surface area contributed by atoms with Gasteiger partial charge in [0.2, 0.25) is 0 Å². The Kier molecular flexibility index (Phi) is 11.8. The van der Waals surface area contributed by atoms with Gasteiger partial charge in [-0.25, -0.2) is 4.79 Å².